The van der Waals surface area contributed by atoms with Crippen LogP contribution in [0.15, 0.2) is 114 Å². The molecular weight excluding hydrogens is 488 g/mol. The quantitative estimate of drug-likeness (QED) is 0.181. The summed E-state index contributed by atoms with van der Waals surface area (Å²) in [5, 5.41) is 0. The van der Waals surface area contributed by atoms with E-state index in [1.807, 2.05) is 11.8 Å². The van der Waals surface area contributed by atoms with Gasteiger partial charge in [0.15, 0.2) is 0 Å². The van der Waals surface area contributed by atoms with Crippen molar-refractivity contribution in [2.45, 2.75) is 51.9 Å². The first-order valence-corrected chi connectivity index (χ1v) is 15.1. The molecule has 0 aromatic heterocycles. The molecule has 1 heteroatoms. The molecule has 0 saturated carbocycles. The lowest BCUT2D eigenvalue weighted by Crippen LogP contribution is -1.91. The van der Waals surface area contributed by atoms with E-state index in [4.69, 9.17) is 0 Å². The molecule has 0 N–H and O–H groups in total. The average molecular weight is 527 g/mol. The van der Waals surface area contributed by atoms with Gasteiger partial charge in [-0.1, -0.05) is 123 Å². The normalized spacial score (nSPS) is 11.9. The first-order valence-electron chi connectivity index (χ1n) is 14.1. The van der Waals surface area contributed by atoms with Crippen LogP contribution >= 0.6 is 11.8 Å². The molecule has 0 fully saturated rings. The van der Waals surface area contributed by atoms with E-state index < -0.39 is 0 Å². The Kier molecular flexibility index (Phi) is 8.38. The lowest BCUT2D eigenvalue weighted by Gasteiger charge is -2.16. The van der Waals surface area contributed by atoms with E-state index in [-0.39, 0.29) is 0 Å². The Balaban J connectivity index is 1.43. The fourth-order valence-electron chi connectivity index (χ4n) is 5.17. The molecule has 0 nitrogen and oxygen atoms in total. The third-order valence-corrected chi connectivity index (χ3v) is 8.77. The van der Waals surface area contributed by atoms with Crippen LogP contribution in [-0.2, 0) is 0 Å². The van der Waals surface area contributed by atoms with Gasteiger partial charge in [-0.05, 0) is 99.7 Å². The highest BCUT2D eigenvalue weighted by Crippen LogP contribution is 2.38. The van der Waals surface area contributed by atoms with E-state index in [2.05, 4.69) is 144 Å². The molecule has 0 bridgehead atoms. The molecule has 0 aliphatic rings. The number of benzene rings is 5. The van der Waals surface area contributed by atoms with Gasteiger partial charge in [0.2, 0.25) is 0 Å². The highest BCUT2D eigenvalue weighted by molar-refractivity contribution is 7.99. The van der Waals surface area contributed by atoms with Crippen LogP contribution in [0.3, 0.4) is 0 Å². The van der Waals surface area contributed by atoms with Crippen molar-refractivity contribution < 1.29 is 0 Å². The topological polar surface area (TPSA) is 0 Å². The molecule has 0 heterocycles. The van der Waals surface area contributed by atoms with Crippen LogP contribution in [-0.4, -0.2) is 5.75 Å². The van der Waals surface area contributed by atoms with Crippen LogP contribution < -0.4 is 0 Å². The SMILES string of the molecule is CCSc1cc(-c2ccc(-c3ccc(C(C)CC)cc3)cc2)c(C)cc1-c1ccc(-c2ccc(C)cc2)cc1. The maximum atomic E-state index is 2.39. The van der Waals surface area contributed by atoms with Crippen LogP contribution in [0.4, 0.5) is 0 Å². The Morgan fingerprint density at radius 2 is 0.974 bits per heavy atom. The van der Waals surface area contributed by atoms with Gasteiger partial charge >= 0.3 is 0 Å². The average Bonchev–Trinajstić information content (AvgIpc) is 2.98. The second-order valence-electron chi connectivity index (χ2n) is 10.5. The molecule has 0 amide bonds. The summed E-state index contributed by atoms with van der Waals surface area (Å²) in [6.45, 7) is 11.1. The van der Waals surface area contributed by atoms with Crippen LogP contribution in [0, 0.1) is 13.8 Å². The summed E-state index contributed by atoms with van der Waals surface area (Å²) < 4.78 is 0. The van der Waals surface area contributed by atoms with Crippen molar-refractivity contribution in [1.82, 2.24) is 0 Å². The summed E-state index contributed by atoms with van der Waals surface area (Å²) >= 11 is 1.92. The minimum absolute atomic E-state index is 0.605. The standard InChI is InChI=1S/C38H38S/c1-6-27(4)29-12-14-31(15-13-29)33-16-20-34(21-17-33)36-25-38(39-7-2)37(24-28(36)5)35-22-18-32(19-23-35)30-10-8-26(3)9-11-30/h8-25,27H,6-7H2,1-5H3. The van der Waals surface area contributed by atoms with Crippen molar-refractivity contribution in [2.24, 2.45) is 0 Å². The van der Waals surface area contributed by atoms with Gasteiger partial charge in [0.25, 0.3) is 0 Å². The largest absolute Gasteiger partial charge is 0.126 e. The van der Waals surface area contributed by atoms with Crippen molar-refractivity contribution in [3.8, 4) is 44.5 Å². The van der Waals surface area contributed by atoms with Gasteiger partial charge < -0.3 is 0 Å². The van der Waals surface area contributed by atoms with Crippen molar-refractivity contribution in [2.75, 3.05) is 5.75 Å². The molecular formula is C38H38S. The molecule has 39 heavy (non-hydrogen) atoms. The van der Waals surface area contributed by atoms with Gasteiger partial charge in [-0.2, -0.15) is 0 Å². The predicted octanol–water partition coefficient (Wildman–Crippen LogP) is 11.6. The number of hydrogen-bond acceptors (Lipinski definition) is 1. The predicted molar refractivity (Wildman–Crippen MR) is 173 cm³/mol. The van der Waals surface area contributed by atoms with Crippen molar-refractivity contribution in [3.63, 3.8) is 0 Å². The third kappa shape index (κ3) is 6.05. The zero-order valence-corrected chi connectivity index (χ0v) is 24.6. The Hall–Kier alpha value is -3.55. The fraction of sp³-hybridized carbons (Fsp3) is 0.211. The minimum Gasteiger partial charge on any atom is -0.126 e. The fourth-order valence-corrected chi connectivity index (χ4v) is 6.01. The number of aryl methyl sites for hydroxylation is 2. The molecule has 0 aliphatic heterocycles. The Morgan fingerprint density at radius 1 is 0.538 bits per heavy atom. The summed E-state index contributed by atoms with van der Waals surface area (Å²) in [6.07, 6.45) is 1.17. The van der Waals surface area contributed by atoms with E-state index in [1.165, 1.54) is 72.5 Å². The lowest BCUT2D eigenvalue weighted by atomic mass is 9.93. The first-order chi connectivity index (χ1) is 19.0. The van der Waals surface area contributed by atoms with Gasteiger partial charge in [-0.3, -0.25) is 0 Å². The summed E-state index contributed by atoms with van der Waals surface area (Å²) in [4.78, 5) is 1.34. The molecule has 196 valence electrons. The van der Waals surface area contributed by atoms with Gasteiger partial charge in [0.1, 0.15) is 0 Å². The number of rotatable bonds is 8. The molecule has 0 radical (unpaired) electrons. The maximum Gasteiger partial charge on any atom is 0.0157 e. The smallest absolute Gasteiger partial charge is 0.0157 e. The Labute approximate surface area is 239 Å². The van der Waals surface area contributed by atoms with Gasteiger partial charge in [0.05, 0.1) is 0 Å². The van der Waals surface area contributed by atoms with E-state index >= 15 is 0 Å². The zero-order chi connectivity index (χ0) is 27.4. The third-order valence-electron chi connectivity index (χ3n) is 7.83. The van der Waals surface area contributed by atoms with Crippen LogP contribution in [0.5, 0.6) is 0 Å². The number of thioether (sulfide) groups is 1. The molecule has 5 aromatic rings. The zero-order valence-electron chi connectivity index (χ0n) is 23.8. The highest BCUT2D eigenvalue weighted by atomic mass is 32.2. The molecule has 1 unspecified atom stereocenters. The van der Waals surface area contributed by atoms with Crippen LogP contribution in [0.2, 0.25) is 0 Å². The maximum absolute atomic E-state index is 2.39. The summed E-state index contributed by atoms with van der Waals surface area (Å²) in [5.74, 6) is 1.65. The minimum atomic E-state index is 0.605. The monoisotopic (exact) mass is 526 g/mol. The Bertz CT molecular complexity index is 1520. The lowest BCUT2D eigenvalue weighted by molar-refractivity contribution is 0.734. The van der Waals surface area contributed by atoms with Crippen LogP contribution in [0.1, 0.15) is 49.8 Å². The molecule has 0 saturated heterocycles. The Morgan fingerprint density at radius 3 is 1.46 bits per heavy atom. The first kappa shape index (κ1) is 27.0. The molecule has 1 atom stereocenters. The summed E-state index contributed by atoms with van der Waals surface area (Å²) in [5.41, 5.74) is 14.2. The molecule has 5 rings (SSSR count). The van der Waals surface area contributed by atoms with Gasteiger partial charge in [0, 0.05) is 4.90 Å². The van der Waals surface area contributed by atoms with E-state index in [0.717, 1.165) is 5.75 Å². The second-order valence-corrected chi connectivity index (χ2v) is 11.9. The van der Waals surface area contributed by atoms with Gasteiger partial charge in [-0.25, -0.2) is 0 Å². The summed E-state index contributed by atoms with van der Waals surface area (Å²) in [7, 11) is 0. The van der Waals surface area contributed by atoms with E-state index in [1.54, 1.807) is 0 Å². The molecule has 0 aliphatic carbocycles. The van der Waals surface area contributed by atoms with Crippen molar-refractivity contribution >= 4 is 11.8 Å². The van der Waals surface area contributed by atoms with E-state index in [0.29, 0.717) is 5.92 Å². The van der Waals surface area contributed by atoms with Crippen LogP contribution in [0.25, 0.3) is 44.5 Å². The van der Waals surface area contributed by atoms with E-state index in [9.17, 15) is 0 Å². The van der Waals surface area contributed by atoms with Gasteiger partial charge in [-0.15, -0.1) is 11.8 Å². The molecule has 5 aromatic carbocycles. The molecule has 0 spiro atoms. The second kappa shape index (κ2) is 12.1. The van der Waals surface area contributed by atoms with Crippen molar-refractivity contribution in [3.05, 3.63) is 126 Å². The van der Waals surface area contributed by atoms with Crippen molar-refractivity contribution in [1.29, 1.82) is 0 Å². The summed E-state index contributed by atoms with van der Waals surface area (Å²) in [6, 6.07) is 40.7. The number of hydrogen-bond donors (Lipinski definition) is 0. The highest BCUT2D eigenvalue weighted by Gasteiger charge is 2.12.